The van der Waals surface area contributed by atoms with Crippen molar-refractivity contribution in [2.75, 3.05) is 0 Å². The van der Waals surface area contributed by atoms with Gasteiger partial charge in [-0.25, -0.2) is 0 Å². The number of hydrogen-bond donors (Lipinski definition) is 1. The normalized spacial score (nSPS) is 25.5. The third-order valence-electron chi connectivity index (χ3n) is 4.30. The number of hydrogen-bond acceptors (Lipinski definition) is 3. The fraction of sp³-hybridized carbons (Fsp3) is 0.438. The van der Waals surface area contributed by atoms with Gasteiger partial charge in [-0.05, 0) is 30.9 Å². The minimum absolute atomic E-state index is 0.00717. The minimum atomic E-state index is -0.897. The van der Waals surface area contributed by atoms with Crippen LogP contribution in [0.4, 0.5) is 0 Å². The maximum Gasteiger partial charge on any atom is 0.308 e. The monoisotopic (exact) mass is 284 g/mol. The summed E-state index contributed by atoms with van der Waals surface area (Å²) < 4.78 is 0. The van der Waals surface area contributed by atoms with Crippen molar-refractivity contribution in [3.63, 3.8) is 0 Å². The van der Waals surface area contributed by atoms with Gasteiger partial charge in [-0.3, -0.25) is 9.59 Å². The summed E-state index contributed by atoms with van der Waals surface area (Å²) in [6, 6.07) is 8.73. The standard InChI is InChI=1S/C16H16N2O3/c17-9-10-3-1-2-4-12(10)15-13(16(20)21)7-8-14(19)18(15)11-5-6-11/h1-4,11,13,15H,5-8H2,(H,20,21). The van der Waals surface area contributed by atoms with Crippen molar-refractivity contribution >= 4 is 11.9 Å². The Morgan fingerprint density at radius 1 is 1.29 bits per heavy atom. The lowest BCUT2D eigenvalue weighted by molar-refractivity contribution is -0.152. The van der Waals surface area contributed by atoms with Crippen molar-refractivity contribution in [3.05, 3.63) is 35.4 Å². The zero-order valence-electron chi connectivity index (χ0n) is 11.5. The number of likely N-dealkylation sites (tertiary alicyclic amines) is 1. The summed E-state index contributed by atoms with van der Waals surface area (Å²) >= 11 is 0. The molecule has 0 bridgehead atoms. The summed E-state index contributed by atoms with van der Waals surface area (Å²) in [7, 11) is 0. The Morgan fingerprint density at radius 3 is 2.62 bits per heavy atom. The number of carboxylic acids is 1. The van der Waals surface area contributed by atoms with E-state index >= 15 is 0 Å². The Hall–Kier alpha value is -2.35. The summed E-state index contributed by atoms with van der Waals surface area (Å²) in [4.78, 5) is 25.6. The average Bonchev–Trinajstić information content (AvgIpc) is 3.31. The number of nitriles is 1. The van der Waals surface area contributed by atoms with Crippen LogP contribution in [0.1, 0.15) is 42.9 Å². The Balaban J connectivity index is 2.09. The molecule has 1 aliphatic heterocycles. The lowest BCUT2D eigenvalue weighted by atomic mass is 9.82. The second kappa shape index (κ2) is 5.21. The minimum Gasteiger partial charge on any atom is -0.481 e. The first-order chi connectivity index (χ1) is 10.1. The highest BCUT2D eigenvalue weighted by molar-refractivity contribution is 5.82. The molecule has 5 nitrogen and oxygen atoms in total. The van der Waals surface area contributed by atoms with Gasteiger partial charge in [0.2, 0.25) is 5.91 Å². The van der Waals surface area contributed by atoms with E-state index in [9.17, 15) is 20.0 Å². The Morgan fingerprint density at radius 2 is 2.00 bits per heavy atom. The molecule has 1 aromatic rings. The Labute approximate surface area is 122 Å². The lowest BCUT2D eigenvalue weighted by Crippen LogP contribution is -2.46. The molecular formula is C16H16N2O3. The van der Waals surface area contributed by atoms with Crippen LogP contribution in [0, 0.1) is 17.2 Å². The molecule has 1 heterocycles. The molecule has 0 aromatic heterocycles. The van der Waals surface area contributed by atoms with Crippen LogP contribution in [0.3, 0.4) is 0 Å². The van der Waals surface area contributed by atoms with Gasteiger partial charge in [0.15, 0.2) is 0 Å². The van der Waals surface area contributed by atoms with Gasteiger partial charge in [-0.1, -0.05) is 18.2 Å². The van der Waals surface area contributed by atoms with Gasteiger partial charge in [-0.2, -0.15) is 5.26 Å². The van der Waals surface area contributed by atoms with Crippen molar-refractivity contribution in [1.29, 1.82) is 5.26 Å². The first-order valence-corrected chi connectivity index (χ1v) is 7.16. The van der Waals surface area contributed by atoms with Gasteiger partial charge in [0.05, 0.1) is 23.6 Å². The molecule has 1 N–H and O–H groups in total. The predicted molar refractivity (Wildman–Crippen MR) is 74.1 cm³/mol. The third-order valence-corrected chi connectivity index (χ3v) is 4.30. The highest BCUT2D eigenvalue weighted by atomic mass is 16.4. The number of aliphatic carboxylic acids is 1. The lowest BCUT2D eigenvalue weighted by Gasteiger charge is -2.40. The zero-order chi connectivity index (χ0) is 15.0. The van der Waals surface area contributed by atoms with E-state index in [0.29, 0.717) is 17.5 Å². The Bertz CT molecular complexity index is 631. The van der Waals surface area contributed by atoms with Crippen molar-refractivity contribution in [3.8, 4) is 6.07 Å². The maximum absolute atomic E-state index is 12.3. The van der Waals surface area contributed by atoms with E-state index in [0.717, 1.165) is 12.8 Å². The molecule has 2 atom stereocenters. The largest absolute Gasteiger partial charge is 0.481 e. The van der Waals surface area contributed by atoms with E-state index < -0.39 is 17.9 Å². The van der Waals surface area contributed by atoms with Crippen LogP contribution in [0.25, 0.3) is 0 Å². The fourth-order valence-corrected chi connectivity index (χ4v) is 3.18. The number of carbonyl (C=O) groups is 2. The van der Waals surface area contributed by atoms with Crippen LogP contribution in [-0.4, -0.2) is 27.9 Å². The predicted octanol–water partition coefficient (Wildman–Crippen LogP) is 2.08. The number of amides is 1. The molecule has 2 fully saturated rings. The van der Waals surface area contributed by atoms with Gasteiger partial charge in [-0.15, -0.1) is 0 Å². The van der Waals surface area contributed by atoms with Crippen LogP contribution >= 0.6 is 0 Å². The van der Waals surface area contributed by atoms with Crippen molar-refractivity contribution in [2.45, 2.75) is 37.8 Å². The summed E-state index contributed by atoms with van der Waals surface area (Å²) in [5.41, 5.74) is 1.11. The van der Waals surface area contributed by atoms with Crippen molar-refractivity contribution < 1.29 is 14.7 Å². The molecule has 108 valence electrons. The molecule has 1 saturated heterocycles. The summed E-state index contributed by atoms with van der Waals surface area (Å²) in [5.74, 6) is -1.53. The highest BCUT2D eigenvalue weighted by Crippen LogP contribution is 2.44. The van der Waals surface area contributed by atoms with Gasteiger partial charge in [0, 0.05) is 12.5 Å². The summed E-state index contributed by atoms with van der Waals surface area (Å²) in [6.07, 6.45) is 2.45. The molecule has 21 heavy (non-hydrogen) atoms. The number of piperidine rings is 1. The van der Waals surface area contributed by atoms with Crippen molar-refractivity contribution in [1.82, 2.24) is 4.90 Å². The topological polar surface area (TPSA) is 81.4 Å². The van der Waals surface area contributed by atoms with Crippen LogP contribution in [0.5, 0.6) is 0 Å². The molecule has 2 unspecified atom stereocenters. The molecule has 1 saturated carbocycles. The smallest absolute Gasteiger partial charge is 0.308 e. The van der Waals surface area contributed by atoms with Gasteiger partial charge < -0.3 is 10.0 Å². The molecule has 5 heteroatoms. The van der Waals surface area contributed by atoms with Gasteiger partial charge >= 0.3 is 5.97 Å². The molecule has 0 radical (unpaired) electrons. The summed E-state index contributed by atoms with van der Waals surface area (Å²) in [6.45, 7) is 0. The maximum atomic E-state index is 12.3. The van der Waals surface area contributed by atoms with Crippen LogP contribution in [-0.2, 0) is 9.59 Å². The summed E-state index contributed by atoms with van der Waals surface area (Å²) in [5, 5.41) is 18.8. The molecule has 1 aromatic carbocycles. The number of benzene rings is 1. The number of carbonyl (C=O) groups excluding carboxylic acids is 1. The van der Waals surface area contributed by atoms with E-state index in [4.69, 9.17) is 0 Å². The van der Waals surface area contributed by atoms with E-state index in [2.05, 4.69) is 6.07 Å². The van der Waals surface area contributed by atoms with Crippen LogP contribution < -0.4 is 0 Å². The first-order valence-electron chi connectivity index (χ1n) is 7.16. The molecule has 1 aliphatic carbocycles. The third kappa shape index (κ3) is 2.38. The van der Waals surface area contributed by atoms with E-state index in [1.165, 1.54) is 0 Å². The van der Waals surface area contributed by atoms with Crippen LogP contribution in [0.2, 0.25) is 0 Å². The molecule has 3 rings (SSSR count). The zero-order valence-corrected chi connectivity index (χ0v) is 11.5. The van der Waals surface area contributed by atoms with Gasteiger partial charge in [0.1, 0.15) is 0 Å². The number of nitrogens with zero attached hydrogens (tertiary/aromatic N) is 2. The van der Waals surface area contributed by atoms with E-state index in [1.54, 1.807) is 29.2 Å². The van der Waals surface area contributed by atoms with E-state index in [1.807, 2.05) is 0 Å². The second-order valence-corrected chi connectivity index (χ2v) is 5.66. The van der Waals surface area contributed by atoms with Gasteiger partial charge in [0.25, 0.3) is 0 Å². The quantitative estimate of drug-likeness (QED) is 0.921. The van der Waals surface area contributed by atoms with E-state index in [-0.39, 0.29) is 18.4 Å². The average molecular weight is 284 g/mol. The number of carboxylic acid groups (broad SMARTS) is 1. The Kier molecular flexibility index (Phi) is 3.38. The fourth-order valence-electron chi connectivity index (χ4n) is 3.18. The molecule has 1 amide bonds. The second-order valence-electron chi connectivity index (χ2n) is 5.66. The number of rotatable bonds is 3. The van der Waals surface area contributed by atoms with Crippen LogP contribution in [0.15, 0.2) is 24.3 Å². The first kappa shape index (κ1) is 13.6. The molecule has 2 aliphatic rings. The molecular weight excluding hydrogens is 268 g/mol. The molecule has 0 spiro atoms. The SMILES string of the molecule is N#Cc1ccccc1C1C(C(=O)O)CCC(=O)N1C1CC1. The highest BCUT2D eigenvalue weighted by Gasteiger charge is 2.47. The van der Waals surface area contributed by atoms with Crippen molar-refractivity contribution in [2.24, 2.45) is 5.92 Å².